The number of amides is 2. The third-order valence-electron chi connectivity index (χ3n) is 8.07. The maximum atomic E-state index is 13.7. The van der Waals surface area contributed by atoms with Gasteiger partial charge in [0.1, 0.15) is 29.5 Å². The van der Waals surface area contributed by atoms with Gasteiger partial charge in [0.15, 0.2) is 0 Å². The highest BCUT2D eigenvalue weighted by Crippen LogP contribution is 2.46. The SMILES string of the molecule is CN(CCCN(CCOc1ccc(S(=O)(=O)Nc2cc(-c3c(O)ccc4ccccc34)c(O)c3ccccc23)cc1)C(=O)OC(C)(C)C)C(=O)Cl. The van der Waals surface area contributed by atoms with E-state index in [0.717, 1.165) is 5.39 Å². The van der Waals surface area contributed by atoms with Crippen molar-refractivity contribution in [3.05, 3.63) is 91.0 Å². The first-order chi connectivity index (χ1) is 24.1. The molecule has 3 N–H and O–H groups in total. The summed E-state index contributed by atoms with van der Waals surface area (Å²) in [4.78, 5) is 27.0. The van der Waals surface area contributed by atoms with Gasteiger partial charge in [-0.05, 0) is 86.0 Å². The summed E-state index contributed by atoms with van der Waals surface area (Å²) in [5.74, 6) is 0.229. The number of rotatable bonds is 12. The van der Waals surface area contributed by atoms with Gasteiger partial charge in [-0.15, -0.1) is 0 Å². The lowest BCUT2D eigenvalue weighted by Crippen LogP contribution is -2.40. The predicted molar refractivity (Wildman–Crippen MR) is 199 cm³/mol. The van der Waals surface area contributed by atoms with Gasteiger partial charge in [-0.25, -0.2) is 13.2 Å². The number of benzene rings is 5. The van der Waals surface area contributed by atoms with E-state index in [9.17, 15) is 28.2 Å². The van der Waals surface area contributed by atoms with Crippen molar-refractivity contribution in [3.8, 4) is 28.4 Å². The van der Waals surface area contributed by atoms with Crippen LogP contribution in [0.5, 0.6) is 17.2 Å². The normalized spacial score (nSPS) is 11.7. The van der Waals surface area contributed by atoms with Gasteiger partial charge in [0.2, 0.25) is 0 Å². The summed E-state index contributed by atoms with van der Waals surface area (Å²) in [6.45, 7) is 6.21. The number of carbonyl (C=O) groups excluding carboxylic acids is 2. The highest BCUT2D eigenvalue weighted by molar-refractivity contribution is 7.92. The number of halogens is 1. The number of hydrogen-bond donors (Lipinski definition) is 3. The molecule has 13 heteroatoms. The van der Waals surface area contributed by atoms with Gasteiger partial charge in [-0.3, -0.25) is 9.52 Å². The van der Waals surface area contributed by atoms with Crippen molar-refractivity contribution in [2.24, 2.45) is 0 Å². The van der Waals surface area contributed by atoms with Crippen LogP contribution < -0.4 is 9.46 Å². The number of hydrogen-bond acceptors (Lipinski definition) is 8. The molecule has 5 aromatic rings. The molecule has 2 amide bonds. The van der Waals surface area contributed by atoms with E-state index in [1.807, 2.05) is 24.3 Å². The Labute approximate surface area is 302 Å². The zero-order chi connectivity index (χ0) is 36.9. The molecule has 0 heterocycles. The van der Waals surface area contributed by atoms with E-state index in [2.05, 4.69) is 4.72 Å². The summed E-state index contributed by atoms with van der Waals surface area (Å²) < 4.78 is 41.4. The molecule has 51 heavy (non-hydrogen) atoms. The molecule has 0 radical (unpaired) electrons. The fraction of sp³-hybridized carbons (Fsp3) is 0.263. The number of carbonyl (C=O) groups is 2. The summed E-state index contributed by atoms with van der Waals surface area (Å²) in [6, 6.07) is 24.9. The maximum absolute atomic E-state index is 13.7. The quantitative estimate of drug-likeness (QED) is 0.0662. The van der Waals surface area contributed by atoms with Crippen molar-refractivity contribution >= 4 is 60.3 Å². The number of anilines is 1. The van der Waals surface area contributed by atoms with E-state index >= 15 is 0 Å². The minimum atomic E-state index is -4.13. The first-order valence-electron chi connectivity index (χ1n) is 16.2. The Morgan fingerprint density at radius 1 is 0.843 bits per heavy atom. The Hall–Kier alpha value is -5.20. The van der Waals surface area contributed by atoms with Gasteiger partial charge in [0, 0.05) is 42.0 Å². The van der Waals surface area contributed by atoms with E-state index in [-0.39, 0.29) is 40.8 Å². The van der Waals surface area contributed by atoms with Crippen molar-refractivity contribution in [1.29, 1.82) is 0 Å². The number of phenols is 2. The average molecular weight is 734 g/mol. The van der Waals surface area contributed by atoms with Gasteiger partial charge < -0.3 is 29.5 Å². The van der Waals surface area contributed by atoms with Gasteiger partial charge in [-0.1, -0.05) is 54.6 Å². The van der Waals surface area contributed by atoms with Gasteiger partial charge >= 0.3 is 11.5 Å². The van der Waals surface area contributed by atoms with Crippen molar-refractivity contribution in [2.45, 2.75) is 37.7 Å². The number of phenolic OH excluding ortho intramolecular Hbond substituents is 2. The predicted octanol–water partition coefficient (Wildman–Crippen LogP) is 8.17. The molecule has 11 nitrogen and oxygen atoms in total. The van der Waals surface area contributed by atoms with Crippen LogP contribution in [0.1, 0.15) is 27.2 Å². The molecular weight excluding hydrogens is 694 g/mol. The summed E-state index contributed by atoms with van der Waals surface area (Å²) in [6.07, 6.45) is -0.0617. The largest absolute Gasteiger partial charge is 0.507 e. The van der Waals surface area contributed by atoms with E-state index in [1.54, 1.807) is 64.2 Å². The monoisotopic (exact) mass is 733 g/mol. The molecule has 0 saturated heterocycles. The van der Waals surface area contributed by atoms with Gasteiger partial charge in [-0.2, -0.15) is 0 Å². The van der Waals surface area contributed by atoms with E-state index in [4.69, 9.17) is 21.1 Å². The van der Waals surface area contributed by atoms with Crippen molar-refractivity contribution < 1.29 is 37.7 Å². The number of nitrogens with zero attached hydrogens (tertiary/aromatic N) is 2. The van der Waals surface area contributed by atoms with Crippen LogP contribution >= 0.6 is 11.6 Å². The lowest BCUT2D eigenvalue weighted by Gasteiger charge is -2.28. The Morgan fingerprint density at radius 3 is 2.16 bits per heavy atom. The third kappa shape index (κ3) is 8.94. The summed E-state index contributed by atoms with van der Waals surface area (Å²) in [5.41, 5.74) is 0.153. The Balaban J connectivity index is 1.34. The zero-order valence-corrected chi connectivity index (χ0v) is 30.3. The fourth-order valence-electron chi connectivity index (χ4n) is 5.58. The topological polar surface area (TPSA) is 146 Å². The molecule has 0 aromatic heterocycles. The molecule has 5 rings (SSSR count). The van der Waals surface area contributed by atoms with Crippen LogP contribution in [0.15, 0.2) is 95.9 Å². The number of nitrogens with one attached hydrogen (secondary N) is 1. The standard InChI is InChI=1S/C38H40ClN3O8S/c1-38(2,3)50-37(46)42(21-9-20-41(4)36(39)45)22-23-49-26-15-17-27(18-16-26)51(47,48)40-32-24-31(35(44)30-13-8-7-12-29(30)32)34-28-11-6-5-10-25(28)14-19-33(34)43/h5-8,10-19,24,40,43-44H,9,20-23H2,1-4H3. The molecule has 0 saturated carbocycles. The lowest BCUT2D eigenvalue weighted by molar-refractivity contribution is 0.0222. The molecule has 0 aliphatic heterocycles. The molecule has 0 aliphatic rings. The first-order valence-corrected chi connectivity index (χ1v) is 18.1. The van der Waals surface area contributed by atoms with Crippen molar-refractivity contribution in [1.82, 2.24) is 9.80 Å². The molecule has 0 bridgehead atoms. The fourth-order valence-corrected chi connectivity index (χ4v) is 6.73. The van der Waals surface area contributed by atoms with Crippen LogP contribution in [0.2, 0.25) is 0 Å². The Morgan fingerprint density at radius 2 is 1.49 bits per heavy atom. The van der Waals surface area contributed by atoms with Crippen molar-refractivity contribution in [2.75, 3.05) is 38.0 Å². The van der Waals surface area contributed by atoms with Crippen LogP contribution in [0, 0.1) is 0 Å². The van der Waals surface area contributed by atoms with E-state index < -0.39 is 27.1 Å². The van der Waals surface area contributed by atoms with Crippen LogP contribution in [0.3, 0.4) is 0 Å². The summed E-state index contributed by atoms with van der Waals surface area (Å²) in [5, 5.41) is 24.1. The molecule has 0 fully saturated rings. The number of aromatic hydroxyl groups is 2. The zero-order valence-electron chi connectivity index (χ0n) is 28.7. The van der Waals surface area contributed by atoms with E-state index in [0.29, 0.717) is 47.0 Å². The average Bonchev–Trinajstić information content (AvgIpc) is 3.08. The molecule has 0 aliphatic carbocycles. The Kier molecular flexibility index (Phi) is 11.2. The minimum Gasteiger partial charge on any atom is -0.507 e. The van der Waals surface area contributed by atoms with Gasteiger partial charge in [0.25, 0.3) is 10.0 Å². The van der Waals surface area contributed by atoms with Crippen LogP contribution in [0.4, 0.5) is 15.3 Å². The van der Waals surface area contributed by atoms with Gasteiger partial charge in [0.05, 0.1) is 17.1 Å². The minimum absolute atomic E-state index is 0.0325. The van der Waals surface area contributed by atoms with Crippen LogP contribution in [0.25, 0.3) is 32.7 Å². The van der Waals surface area contributed by atoms with Crippen LogP contribution in [-0.4, -0.2) is 78.8 Å². The van der Waals surface area contributed by atoms with E-state index in [1.165, 1.54) is 40.1 Å². The number of fused-ring (bicyclic) bond motifs is 2. The second-order valence-corrected chi connectivity index (χ2v) is 15.0. The molecule has 5 aromatic carbocycles. The lowest BCUT2D eigenvalue weighted by atomic mass is 9.93. The number of ether oxygens (including phenoxy) is 2. The summed E-state index contributed by atoms with van der Waals surface area (Å²) >= 11 is 5.51. The smallest absolute Gasteiger partial charge is 0.410 e. The maximum Gasteiger partial charge on any atom is 0.410 e. The molecular formula is C38H40ClN3O8S. The molecule has 0 unspecified atom stereocenters. The Bertz CT molecular complexity index is 2170. The second kappa shape index (κ2) is 15.4. The third-order valence-corrected chi connectivity index (χ3v) is 9.74. The molecule has 0 spiro atoms. The highest BCUT2D eigenvalue weighted by Gasteiger charge is 2.24. The molecule has 0 atom stereocenters. The van der Waals surface area contributed by atoms with Crippen molar-refractivity contribution in [3.63, 3.8) is 0 Å². The first kappa shape index (κ1) is 37.1. The second-order valence-electron chi connectivity index (χ2n) is 13.0. The van der Waals surface area contributed by atoms with Crippen LogP contribution in [-0.2, 0) is 14.8 Å². The summed E-state index contributed by atoms with van der Waals surface area (Å²) in [7, 11) is -2.56. The number of sulfonamides is 1. The highest BCUT2D eigenvalue weighted by atomic mass is 35.5. The molecule has 268 valence electrons.